The fraction of sp³-hybridized carbons (Fsp3) is 0.222. The Balaban J connectivity index is 1.72. The Bertz CT molecular complexity index is 910. The Kier molecular flexibility index (Phi) is 5.59. The van der Waals surface area contributed by atoms with Gasteiger partial charge in [0, 0.05) is 11.3 Å². The Morgan fingerprint density at radius 1 is 1.11 bits per heavy atom. The highest BCUT2D eigenvalue weighted by atomic mass is 32.2. The monoisotopic (exact) mass is 394 g/mol. The number of nitrogens with zero attached hydrogens (tertiary/aromatic N) is 3. The first-order valence-corrected chi connectivity index (χ1v) is 9.09. The van der Waals surface area contributed by atoms with Crippen molar-refractivity contribution in [2.24, 2.45) is 0 Å². The van der Waals surface area contributed by atoms with E-state index in [0.29, 0.717) is 28.9 Å². The van der Waals surface area contributed by atoms with Gasteiger partial charge in [0.15, 0.2) is 5.82 Å². The maximum Gasteiger partial charge on any atom is 0.416 e. The predicted octanol–water partition coefficient (Wildman–Crippen LogP) is 4.37. The van der Waals surface area contributed by atoms with E-state index in [9.17, 15) is 13.2 Å². The zero-order valence-corrected chi connectivity index (χ0v) is 15.2. The minimum atomic E-state index is -4.37. The Labute approximate surface area is 158 Å². The first-order chi connectivity index (χ1) is 12.9. The normalized spacial score (nSPS) is 11.6. The third kappa shape index (κ3) is 4.54. The van der Waals surface area contributed by atoms with Crippen LogP contribution >= 0.6 is 11.8 Å². The topological polar surface area (TPSA) is 66.0 Å². The van der Waals surface area contributed by atoms with Gasteiger partial charge in [-0.15, -0.1) is 10.2 Å². The molecule has 2 aromatic carbocycles. The van der Waals surface area contributed by atoms with E-state index >= 15 is 0 Å². The van der Waals surface area contributed by atoms with E-state index in [0.717, 1.165) is 23.4 Å². The number of hydrogen-bond donors (Lipinski definition) is 1. The molecule has 0 atom stereocenters. The van der Waals surface area contributed by atoms with Crippen LogP contribution in [0.15, 0.2) is 53.7 Å². The van der Waals surface area contributed by atoms with Gasteiger partial charge in [-0.1, -0.05) is 30.0 Å². The molecule has 3 rings (SSSR count). The Morgan fingerprint density at radius 3 is 2.52 bits per heavy atom. The van der Waals surface area contributed by atoms with Gasteiger partial charge < -0.3 is 10.6 Å². The van der Waals surface area contributed by atoms with Crippen molar-refractivity contribution < 1.29 is 17.9 Å². The molecule has 27 heavy (non-hydrogen) atoms. The summed E-state index contributed by atoms with van der Waals surface area (Å²) in [4.78, 5) is 0. The highest BCUT2D eigenvalue weighted by Crippen LogP contribution is 2.31. The second kappa shape index (κ2) is 7.91. The van der Waals surface area contributed by atoms with Crippen LogP contribution in [0.2, 0.25) is 0 Å². The molecule has 1 heterocycles. The van der Waals surface area contributed by atoms with Crippen LogP contribution in [0.25, 0.3) is 11.4 Å². The first-order valence-electron chi connectivity index (χ1n) is 8.11. The van der Waals surface area contributed by atoms with Crippen molar-refractivity contribution in [3.05, 3.63) is 59.7 Å². The van der Waals surface area contributed by atoms with Gasteiger partial charge in [0.25, 0.3) is 0 Å². The smallest absolute Gasteiger partial charge is 0.416 e. The average Bonchev–Trinajstić information content (AvgIpc) is 3.01. The van der Waals surface area contributed by atoms with Crippen LogP contribution in [0.1, 0.15) is 18.1 Å². The van der Waals surface area contributed by atoms with Crippen molar-refractivity contribution >= 4 is 11.8 Å². The SMILES string of the molecule is CCOc1ccc(-c2nnc(SCc3cccc(C(F)(F)F)c3)n2N)cc1. The van der Waals surface area contributed by atoms with Crippen molar-refractivity contribution in [2.75, 3.05) is 12.4 Å². The van der Waals surface area contributed by atoms with E-state index in [1.807, 2.05) is 31.2 Å². The number of ether oxygens (including phenoxy) is 1. The highest BCUT2D eigenvalue weighted by Gasteiger charge is 2.30. The number of benzene rings is 2. The lowest BCUT2D eigenvalue weighted by Crippen LogP contribution is -2.11. The Morgan fingerprint density at radius 2 is 1.85 bits per heavy atom. The number of alkyl halides is 3. The lowest BCUT2D eigenvalue weighted by Gasteiger charge is -2.08. The van der Waals surface area contributed by atoms with Crippen LogP contribution in [0.4, 0.5) is 13.2 Å². The van der Waals surface area contributed by atoms with E-state index in [-0.39, 0.29) is 0 Å². The van der Waals surface area contributed by atoms with Crippen LogP contribution in [0.5, 0.6) is 5.75 Å². The summed E-state index contributed by atoms with van der Waals surface area (Å²) in [5.74, 6) is 7.55. The zero-order valence-electron chi connectivity index (χ0n) is 14.4. The highest BCUT2D eigenvalue weighted by molar-refractivity contribution is 7.98. The molecule has 0 fully saturated rings. The van der Waals surface area contributed by atoms with Gasteiger partial charge in [-0.2, -0.15) is 13.2 Å². The van der Waals surface area contributed by atoms with Gasteiger partial charge in [0.2, 0.25) is 5.16 Å². The zero-order chi connectivity index (χ0) is 19.4. The van der Waals surface area contributed by atoms with Gasteiger partial charge in [0.1, 0.15) is 5.75 Å². The van der Waals surface area contributed by atoms with Crippen molar-refractivity contribution in [1.29, 1.82) is 0 Å². The van der Waals surface area contributed by atoms with Crippen LogP contribution in [0, 0.1) is 0 Å². The van der Waals surface area contributed by atoms with Crippen molar-refractivity contribution in [1.82, 2.24) is 14.9 Å². The summed E-state index contributed by atoms with van der Waals surface area (Å²) < 4.78 is 45.1. The maximum absolute atomic E-state index is 12.8. The minimum Gasteiger partial charge on any atom is -0.494 e. The average molecular weight is 394 g/mol. The van der Waals surface area contributed by atoms with Crippen LogP contribution in [0.3, 0.4) is 0 Å². The molecule has 142 valence electrons. The van der Waals surface area contributed by atoms with E-state index in [1.54, 1.807) is 6.07 Å². The van der Waals surface area contributed by atoms with Crippen LogP contribution in [-0.4, -0.2) is 21.5 Å². The maximum atomic E-state index is 12.8. The number of rotatable bonds is 6. The summed E-state index contributed by atoms with van der Waals surface area (Å²) in [5, 5.41) is 8.52. The van der Waals surface area contributed by atoms with Gasteiger partial charge in [-0.3, -0.25) is 0 Å². The second-order valence-electron chi connectivity index (χ2n) is 5.62. The van der Waals surface area contributed by atoms with Crippen molar-refractivity contribution in [2.45, 2.75) is 24.0 Å². The standard InChI is InChI=1S/C18H17F3N4OS/c1-2-26-15-8-6-13(7-9-15)16-23-24-17(25(16)22)27-11-12-4-3-5-14(10-12)18(19,20)21/h3-10H,2,11,22H2,1H3. The summed E-state index contributed by atoms with van der Waals surface area (Å²) in [6, 6.07) is 12.4. The molecular weight excluding hydrogens is 377 g/mol. The number of hydrogen-bond acceptors (Lipinski definition) is 5. The molecule has 0 aliphatic rings. The number of nitrogens with two attached hydrogens (primary N) is 1. The molecule has 9 heteroatoms. The van der Waals surface area contributed by atoms with Gasteiger partial charge in [-0.05, 0) is 42.8 Å². The summed E-state index contributed by atoms with van der Waals surface area (Å²) in [6.45, 7) is 2.47. The molecular formula is C18H17F3N4OS. The molecule has 0 saturated heterocycles. The number of thioether (sulfide) groups is 1. The molecule has 0 amide bonds. The number of nitrogen functional groups attached to an aromatic ring is 1. The van der Waals surface area contributed by atoms with Crippen LogP contribution in [-0.2, 0) is 11.9 Å². The van der Waals surface area contributed by atoms with Gasteiger partial charge in [0.05, 0.1) is 12.2 Å². The van der Waals surface area contributed by atoms with E-state index in [2.05, 4.69) is 10.2 Å². The van der Waals surface area contributed by atoms with Gasteiger partial charge in [-0.25, -0.2) is 4.68 Å². The van der Waals surface area contributed by atoms with E-state index in [1.165, 1.54) is 22.5 Å². The fourth-order valence-corrected chi connectivity index (χ4v) is 3.22. The molecule has 0 aliphatic carbocycles. The quantitative estimate of drug-likeness (QED) is 0.497. The summed E-state index contributed by atoms with van der Waals surface area (Å²) in [5.41, 5.74) is 0.615. The van der Waals surface area contributed by atoms with Crippen LogP contribution < -0.4 is 10.6 Å². The number of aromatic nitrogens is 3. The fourth-order valence-electron chi connectivity index (χ4n) is 2.42. The molecule has 5 nitrogen and oxygen atoms in total. The predicted molar refractivity (Wildman–Crippen MR) is 97.8 cm³/mol. The molecule has 1 aromatic heterocycles. The summed E-state index contributed by atoms with van der Waals surface area (Å²) >= 11 is 1.22. The first kappa shape index (κ1) is 19.1. The largest absolute Gasteiger partial charge is 0.494 e. The molecule has 0 saturated carbocycles. The van der Waals surface area contributed by atoms with Crippen molar-refractivity contribution in [3.8, 4) is 17.1 Å². The third-order valence-corrected chi connectivity index (χ3v) is 4.72. The summed E-state index contributed by atoms with van der Waals surface area (Å²) in [7, 11) is 0. The lowest BCUT2D eigenvalue weighted by molar-refractivity contribution is -0.137. The van der Waals surface area contributed by atoms with Gasteiger partial charge >= 0.3 is 6.18 Å². The molecule has 0 spiro atoms. The third-order valence-electron chi connectivity index (χ3n) is 3.71. The second-order valence-corrected chi connectivity index (χ2v) is 6.56. The van der Waals surface area contributed by atoms with E-state index < -0.39 is 11.7 Å². The molecule has 0 radical (unpaired) electrons. The lowest BCUT2D eigenvalue weighted by atomic mass is 10.1. The van der Waals surface area contributed by atoms with E-state index in [4.69, 9.17) is 10.6 Å². The molecule has 0 unspecified atom stereocenters. The number of halogens is 3. The molecule has 0 bridgehead atoms. The molecule has 3 aromatic rings. The van der Waals surface area contributed by atoms with Crippen molar-refractivity contribution in [3.63, 3.8) is 0 Å². The molecule has 2 N–H and O–H groups in total. The molecule has 0 aliphatic heterocycles. The minimum absolute atomic E-state index is 0.294. The summed E-state index contributed by atoms with van der Waals surface area (Å²) in [6.07, 6.45) is -4.37. The Hall–Kier alpha value is -2.68.